The average Bonchev–Trinajstić information content (AvgIpc) is 2.16. The Morgan fingerprint density at radius 3 is 2.67 bits per heavy atom. The highest BCUT2D eigenvalue weighted by Crippen LogP contribution is 2.23. The van der Waals surface area contributed by atoms with Crippen LogP contribution < -0.4 is 0 Å². The van der Waals surface area contributed by atoms with Crippen molar-refractivity contribution in [1.29, 1.82) is 5.26 Å². The van der Waals surface area contributed by atoms with Gasteiger partial charge in [-0.1, -0.05) is 0 Å². The summed E-state index contributed by atoms with van der Waals surface area (Å²) in [7, 11) is 0. The van der Waals surface area contributed by atoms with Crippen molar-refractivity contribution in [1.82, 2.24) is 0 Å². The topological polar surface area (TPSA) is 33.0 Å². The van der Waals surface area contributed by atoms with Crippen LogP contribution in [0.15, 0.2) is 0 Å². The Hall–Kier alpha value is -0.260. The quantitative estimate of drug-likeness (QED) is 0.635. The van der Waals surface area contributed by atoms with Crippen LogP contribution in [0.2, 0.25) is 0 Å². The minimum atomic E-state index is 0.0368. The van der Waals surface area contributed by atoms with Gasteiger partial charge in [0.15, 0.2) is 0 Å². The zero-order chi connectivity index (χ0) is 8.81. The first-order valence-electron chi connectivity index (χ1n) is 4.40. The number of alkyl halides is 1. The second kappa shape index (κ2) is 5.40. The molecule has 1 aliphatic rings. The minimum Gasteiger partial charge on any atom is -0.381 e. The highest BCUT2D eigenvalue weighted by atomic mass is 35.5. The summed E-state index contributed by atoms with van der Waals surface area (Å²) in [6.45, 7) is 1.70. The summed E-state index contributed by atoms with van der Waals surface area (Å²) in [5, 5.41) is 8.69. The Balaban J connectivity index is 2.24. The van der Waals surface area contributed by atoms with Crippen LogP contribution in [0.25, 0.3) is 0 Å². The lowest BCUT2D eigenvalue weighted by Gasteiger charge is -2.22. The van der Waals surface area contributed by atoms with E-state index in [0.717, 1.165) is 32.5 Å². The molecule has 2 nitrogen and oxygen atoms in total. The van der Waals surface area contributed by atoms with Crippen LogP contribution in [0.5, 0.6) is 0 Å². The summed E-state index contributed by atoms with van der Waals surface area (Å²) < 4.78 is 5.23. The maximum atomic E-state index is 8.69. The monoisotopic (exact) mass is 187 g/mol. The van der Waals surface area contributed by atoms with Crippen molar-refractivity contribution in [3.63, 3.8) is 0 Å². The summed E-state index contributed by atoms with van der Waals surface area (Å²) in [5.41, 5.74) is 0. The van der Waals surface area contributed by atoms with Crippen LogP contribution >= 0.6 is 11.6 Å². The van der Waals surface area contributed by atoms with E-state index in [1.165, 1.54) is 0 Å². The van der Waals surface area contributed by atoms with E-state index in [1.807, 2.05) is 0 Å². The molecular weight excluding hydrogens is 174 g/mol. The van der Waals surface area contributed by atoms with Crippen LogP contribution in [0.4, 0.5) is 0 Å². The van der Waals surface area contributed by atoms with Crippen LogP contribution in [-0.4, -0.2) is 19.1 Å². The molecule has 1 fully saturated rings. The Labute approximate surface area is 78.5 Å². The molecule has 0 aromatic heterocycles. The van der Waals surface area contributed by atoms with Crippen molar-refractivity contribution in [2.75, 3.05) is 19.1 Å². The number of ether oxygens (including phenoxy) is 1. The molecule has 0 aliphatic carbocycles. The third-order valence-corrected chi connectivity index (χ3v) is 2.70. The maximum Gasteiger partial charge on any atom is 0.0668 e. The van der Waals surface area contributed by atoms with E-state index < -0.39 is 0 Å². The van der Waals surface area contributed by atoms with Gasteiger partial charge in [0, 0.05) is 19.1 Å². The number of nitriles is 1. The first-order valence-corrected chi connectivity index (χ1v) is 4.93. The SMILES string of the molecule is N#CC(CCl)CC1CCOCC1. The van der Waals surface area contributed by atoms with Crippen molar-refractivity contribution in [2.45, 2.75) is 19.3 Å². The molecule has 0 aromatic rings. The fourth-order valence-electron chi connectivity index (χ4n) is 1.53. The molecule has 0 bridgehead atoms. The van der Waals surface area contributed by atoms with Crippen molar-refractivity contribution in [3.05, 3.63) is 0 Å². The lowest BCUT2D eigenvalue weighted by Crippen LogP contribution is -2.18. The summed E-state index contributed by atoms with van der Waals surface area (Å²) >= 11 is 5.63. The van der Waals surface area contributed by atoms with E-state index in [-0.39, 0.29) is 5.92 Å². The lowest BCUT2D eigenvalue weighted by atomic mass is 9.90. The predicted molar refractivity (Wildman–Crippen MR) is 48.0 cm³/mol. The van der Waals surface area contributed by atoms with Gasteiger partial charge < -0.3 is 4.74 Å². The van der Waals surface area contributed by atoms with E-state index in [2.05, 4.69) is 6.07 Å². The zero-order valence-electron chi connectivity index (χ0n) is 7.13. The molecule has 0 spiro atoms. The van der Waals surface area contributed by atoms with Crippen LogP contribution in [-0.2, 0) is 4.74 Å². The molecule has 1 atom stereocenters. The summed E-state index contributed by atoms with van der Waals surface area (Å²) in [6.07, 6.45) is 3.13. The molecule has 1 rings (SSSR count). The van der Waals surface area contributed by atoms with Gasteiger partial charge in [0.05, 0.1) is 12.0 Å². The van der Waals surface area contributed by atoms with Crippen LogP contribution in [0.3, 0.4) is 0 Å². The molecular formula is C9H14ClNO. The molecule has 0 aromatic carbocycles. The van der Waals surface area contributed by atoms with Crippen molar-refractivity contribution in [3.8, 4) is 6.07 Å². The van der Waals surface area contributed by atoms with Gasteiger partial charge in [-0.05, 0) is 25.2 Å². The first kappa shape index (κ1) is 9.83. The second-order valence-electron chi connectivity index (χ2n) is 3.27. The standard InChI is InChI=1S/C9H14ClNO/c10-6-9(7-11)5-8-1-3-12-4-2-8/h8-9H,1-6H2. The van der Waals surface area contributed by atoms with Gasteiger partial charge in [0.2, 0.25) is 0 Å². The van der Waals surface area contributed by atoms with Crippen molar-refractivity contribution >= 4 is 11.6 Å². The molecule has 0 saturated carbocycles. The van der Waals surface area contributed by atoms with Crippen molar-refractivity contribution < 1.29 is 4.74 Å². The Kier molecular flexibility index (Phi) is 4.42. The third kappa shape index (κ3) is 3.00. The molecule has 1 unspecified atom stereocenters. The summed E-state index contributed by atoms with van der Waals surface area (Å²) in [5.74, 6) is 1.16. The Morgan fingerprint density at radius 1 is 1.50 bits per heavy atom. The van der Waals surface area contributed by atoms with E-state index in [9.17, 15) is 0 Å². The van der Waals surface area contributed by atoms with Crippen molar-refractivity contribution in [2.24, 2.45) is 11.8 Å². The Bertz CT molecular complexity index is 160. The molecule has 68 valence electrons. The van der Waals surface area contributed by atoms with E-state index in [0.29, 0.717) is 11.8 Å². The van der Waals surface area contributed by atoms with Gasteiger partial charge in [-0.2, -0.15) is 5.26 Å². The average molecular weight is 188 g/mol. The molecule has 1 heterocycles. The lowest BCUT2D eigenvalue weighted by molar-refractivity contribution is 0.0615. The van der Waals surface area contributed by atoms with E-state index in [1.54, 1.807) is 0 Å². The smallest absolute Gasteiger partial charge is 0.0668 e. The fraction of sp³-hybridized carbons (Fsp3) is 0.889. The molecule has 12 heavy (non-hydrogen) atoms. The normalized spacial score (nSPS) is 21.7. The highest BCUT2D eigenvalue weighted by molar-refractivity contribution is 6.18. The van der Waals surface area contributed by atoms with E-state index >= 15 is 0 Å². The number of hydrogen-bond donors (Lipinski definition) is 0. The highest BCUT2D eigenvalue weighted by Gasteiger charge is 2.18. The number of nitrogens with zero attached hydrogens (tertiary/aromatic N) is 1. The summed E-state index contributed by atoms with van der Waals surface area (Å²) in [6, 6.07) is 2.23. The van der Waals surface area contributed by atoms with Gasteiger partial charge in [-0.15, -0.1) is 11.6 Å². The van der Waals surface area contributed by atoms with Crippen LogP contribution in [0.1, 0.15) is 19.3 Å². The fourth-order valence-corrected chi connectivity index (χ4v) is 1.73. The first-order chi connectivity index (χ1) is 5.86. The third-order valence-electron chi connectivity index (χ3n) is 2.33. The zero-order valence-corrected chi connectivity index (χ0v) is 7.89. The molecule has 0 N–H and O–H groups in total. The number of hydrogen-bond acceptors (Lipinski definition) is 2. The van der Waals surface area contributed by atoms with Crippen LogP contribution in [0, 0.1) is 23.2 Å². The van der Waals surface area contributed by atoms with Gasteiger partial charge in [-0.25, -0.2) is 0 Å². The largest absolute Gasteiger partial charge is 0.381 e. The molecule has 0 amide bonds. The minimum absolute atomic E-state index is 0.0368. The number of rotatable bonds is 3. The van der Waals surface area contributed by atoms with Gasteiger partial charge in [0.1, 0.15) is 0 Å². The van der Waals surface area contributed by atoms with Gasteiger partial charge in [0.25, 0.3) is 0 Å². The molecule has 3 heteroatoms. The molecule has 1 aliphatic heterocycles. The second-order valence-corrected chi connectivity index (χ2v) is 3.58. The maximum absolute atomic E-state index is 8.69. The van der Waals surface area contributed by atoms with Gasteiger partial charge >= 0.3 is 0 Å². The molecule has 1 saturated heterocycles. The van der Waals surface area contributed by atoms with Gasteiger partial charge in [-0.3, -0.25) is 0 Å². The summed E-state index contributed by atoms with van der Waals surface area (Å²) in [4.78, 5) is 0. The number of halogens is 1. The Morgan fingerprint density at radius 2 is 2.17 bits per heavy atom. The predicted octanol–water partition coefficient (Wildman–Crippen LogP) is 2.18. The molecule has 0 radical (unpaired) electrons. The van der Waals surface area contributed by atoms with E-state index in [4.69, 9.17) is 21.6 Å².